The van der Waals surface area contributed by atoms with Crippen LogP contribution in [0.3, 0.4) is 0 Å². The summed E-state index contributed by atoms with van der Waals surface area (Å²) < 4.78 is 53.2. The lowest BCUT2D eigenvalue weighted by molar-refractivity contribution is -0.136. The molecule has 0 bridgehead atoms. The Morgan fingerprint density at radius 2 is 1.94 bits per heavy atom. The Bertz CT molecular complexity index is 351. The van der Waals surface area contributed by atoms with E-state index in [9.17, 15) is 17.6 Å². The van der Waals surface area contributed by atoms with Crippen molar-refractivity contribution in [3.63, 3.8) is 0 Å². The van der Waals surface area contributed by atoms with E-state index in [2.05, 4.69) is 0 Å². The lowest BCUT2D eigenvalue weighted by atomic mass is 9.96. The van der Waals surface area contributed by atoms with Crippen molar-refractivity contribution in [1.82, 2.24) is 0 Å². The first kappa shape index (κ1) is 12.9. The first-order valence-corrected chi connectivity index (χ1v) is 4.63. The van der Waals surface area contributed by atoms with Gasteiger partial charge in [0.1, 0.15) is 7.85 Å². The van der Waals surface area contributed by atoms with Crippen molar-refractivity contribution >= 4 is 13.3 Å². The molecule has 0 saturated heterocycles. The first-order chi connectivity index (χ1) is 7.38. The van der Waals surface area contributed by atoms with E-state index in [1.54, 1.807) is 0 Å². The second-order valence-electron chi connectivity index (χ2n) is 3.26. The molecular weight excluding hydrogens is 223 g/mol. The minimum atomic E-state index is -4.21. The van der Waals surface area contributed by atoms with Crippen molar-refractivity contribution < 1.29 is 22.3 Å². The Kier molecular flexibility index (Phi) is 4.21. The van der Waals surface area contributed by atoms with E-state index in [1.165, 1.54) is 12.1 Å². The fraction of sp³-hybridized carbons (Fsp3) is 0.400. The molecule has 0 aliphatic rings. The lowest BCUT2D eigenvalue weighted by Crippen LogP contribution is -2.11. The molecule has 0 aromatic heterocycles. The molecule has 1 aromatic rings. The topological polar surface area (TPSA) is 9.23 Å². The SMILES string of the molecule is [B]c1ccc(F)c(OCCCC(F)(F)F)c1. The van der Waals surface area contributed by atoms with Gasteiger partial charge in [0, 0.05) is 6.42 Å². The zero-order valence-electron chi connectivity index (χ0n) is 8.35. The van der Waals surface area contributed by atoms with Crippen LogP contribution in [0.15, 0.2) is 18.2 Å². The number of hydrogen-bond acceptors (Lipinski definition) is 1. The fourth-order valence-electron chi connectivity index (χ4n) is 1.09. The molecule has 0 aliphatic heterocycles. The van der Waals surface area contributed by atoms with Gasteiger partial charge >= 0.3 is 6.18 Å². The van der Waals surface area contributed by atoms with Crippen LogP contribution in [0.25, 0.3) is 0 Å². The number of hydrogen-bond donors (Lipinski definition) is 0. The van der Waals surface area contributed by atoms with Crippen molar-refractivity contribution in [3.8, 4) is 5.75 Å². The van der Waals surface area contributed by atoms with Gasteiger partial charge in [0.05, 0.1) is 6.61 Å². The third-order valence-electron chi connectivity index (χ3n) is 1.82. The zero-order valence-corrected chi connectivity index (χ0v) is 8.35. The van der Waals surface area contributed by atoms with E-state index in [-0.39, 0.29) is 18.8 Å². The molecule has 2 radical (unpaired) electrons. The van der Waals surface area contributed by atoms with Crippen LogP contribution in [0.5, 0.6) is 5.75 Å². The maximum atomic E-state index is 13.0. The number of benzene rings is 1. The Labute approximate surface area is 91.8 Å². The Balaban J connectivity index is 2.40. The predicted molar refractivity (Wildman–Crippen MR) is 52.6 cm³/mol. The molecule has 86 valence electrons. The van der Waals surface area contributed by atoms with Gasteiger partial charge in [-0.05, 0) is 18.6 Å². The third kappa shape index (κ3) is 4.55. The third-order valence-corrected chi connectivity index (χ3v) is 1.82. The van der Waals surface area contributed by atoms with Gasteiger partial charge in [0.15, 0.2) is 11.6 Å². The molecule has 0 spiro atoms. The molecule has 0 atom stereocenters. The first-order valence-electron chi connectivity index (χ1n) is 4.63. The number of alkyl halides is 3. The highest BCUT2D eigenvalue weighted by Gasteiger charge is 2.26. The van der Waals surface area contributed by atoms with Gasteiger partial charge in [-0.15, -0.1) is 0 Å². The molecule has 16 heavy (non-hydrogen) atoms. The van der Waals surface area contributed by atoms with E-state index in [4.69, 9.17) is 12.6 Å². The van der Waals surface area contributed by atoms with E-state index < -0.39 is 18.4 Å². The van der Waals surface area contributed by atoms with E-state index in [0.29, 0.717) is 5.46 Å². The smallest absolute Gasteiger partial charge is 0.389 e. The predicted octanol–water partition coefficient (Wildman–Crippen LogP) is 2.34. The summed E-state index contributed by atoms with van der Waals surface area (Å²) in [6.45, 7) is -0.195. The molecule has 0 unspecified atom stereocenters. The maximum absolute atomic E-state index is 13.0. The monoisotopic (exact) mass is 232 g/mol. The number of halogens is 4. The number of rotatable bonds is 4. The molecule has 0 saturated carbocycles. The van der Waals surface area contributed by atoms with Crippen molar-refractivity contribution in [2.24, 2.45) is 0 Å². The summed E-state index contributed by atoms with van der Waals surface area (Å²) in [4.78, 5) is 0. The van der Waals surface area contributed by atoms with Crippen LogP contribution in [0.1, 0.15) is 12.8 Å². The standard InChI is InChI=1S/C10H9BF4O/c11-7-2-3-8(12)9(6-7)16-5-1-4-10(13,14)15/h2-3,6H,1,4-5H2. The van der Waals surface area contributed by atoms with Crippen LogP contribution >= 0.6 is 0 Å². The van der Waals surface area contributed by atoms with Crippen molar-refractivity contribution in [2.75, 3.05) is 6.61 Å². The fourth-order valence-corrected chi connectivity index (χ4v) is 1.09. The Morgan fingerprint density at radius 1 is 1.25 bits per heavy atom. The summed E-state index contributed by atoms with van der Waals surface area (Å²) in [5.41, 5.74) is 0.298. The van der Waals surface area contributed by atoms with Crippen molar-refractivity contribution in [1.29, 1.82) is 0 Å². The molecule has 0 aliphatic carbocycles. The second kappa shape index (κ2) is 5.23. The summed E-state index contributed by atoms with van der Waals surface area (Å²) >= 11 is 0. The van der Waals surface area contributed by atoms with Crippen molar-refractivity contribution in [3.05, 3.63) is 24.0 Å². The van der Waals surface area contributed by atoms with Gasteiger partial charge in [-0.25, -0.2) is 4.39 Å². The maximum Gasteiger partial charge on any atom is 0.389 e. The molecule has 0 fully saturated rings. The molecule has 6 heteroatoms. The van der Waals surface area contributed by atoms with E-state index in [1.807, 2.05) is 0 Å². The zero-order chi connectivity index (χ0) is 12.2. The average molecular weight is 232 g/mol. The van der Waals surface area contributed by atoms with Gasteiger partial charge in [0.2, 0.25) is 0 Å². The average Bonchev–Trinajstić information content (AvgIpc) is 2.16. The molecule has 1 nitrogen and oxygen atoms in total. The normalized spacial score (nSPS) is 11.5. The molecule has 1 aromatic carbocycles. The van der Waals surface area contributed by atoms with Crippen molar-refractivity contribution in [2.45, 2.75) is 19.0 Å². The van der Waals surface area contributed by atoms with Gasteiger partial charge in [-0.2, -0.15) is 13.2 Å². The summed E-state index contributed by atoms with van der Waals surface area (Å²) in [5, 5.41) is 0. The van der Waals surface area contributed by atoms with Crippen LogP contribution in [0.4, 0.5) is 17.6 Å². The minimum Gasteiger partial charge on any atom is -0.491 e. The van der Waals surface area contributed by atoms with Crippen LogP contribution in [0, 0.1) is 5.82 Å². The Hall–Kier alpha value is -1.20. The van der Waals surface area contributed by atoms with E-state index in [0.717, 1.165) is 6.07 Å². The van der Waals surface area contributed by atoms with Crippen LogP contribution in [-0.4, -0.2) is 20.6 Å². The highest BCUT2D eigenvalue weighted by Crippen LogP contribution is 2.22. The molecule has 0 heterocycles. The highest BCUT2D eigenvalue weighted by atomic mass is 19.4. The van der Waals surface area contributed by atoms with E-state index >= 15 is 0 Å². The van der Waals surface area contributed by atoms with Gasteiger partial charge < -0.3 is 4.74 Å². The summed E-state index contributed by atoms with van der Waals surface area (Å²) in [6, 6.07) is 3.69. The van der Waals surface area contributed by atoms with Gasteiger partial charge in [-0.1, -0.05) is 11.5 Å². The quantitative estimate of drug-likeness (QED) is 0.439. The summed E-state index contributed by atoms with van der Waals surface area (Å²) in [6.07, 6.45) is -5.37. The van der Waals surface area contributed by atoms with Crippen LogP contribution in [-0.2, 0) is 0 Å². The lowest BCUT2D eigenvalue weighted by Gasteiger charge is -2.09. The summed E-state index contributed by atoms with van der Waals surface area (Å²) in [7, 11) is 5.37. The number of ether oxygens (including phenoxy) is 1. The highest BCUT2D eigenvalue weighted by molar-refractivity contribution is 6.32. The second-order valence-corrected chi connectivity index (χ2v) is 3.26. The minimum absolute atomic E-state index is 0.123. The van der Waals surface area contributed by atoms with Gasteiger partial charge in [0.25, 0.3) is 0 Å². The molecule has 0 N–H and O–H groups in total. The Morgan fingerprint density at radius 3 is 2.56 bits per heavy atom. The summed E-state index contributed by atoms with van der Waals surface area (Å²) in [5.74, 6) is -0.761. The molecule has 0 amide bonds. The molecule has 1 rings (SSSR count). The van der Waals surface area contributed by atoms with Crippen LogP contribution < -0.4 is 10.2 Å². The largest absolute Gasteiger partial charge is 0.491 e. The van der Waals surface area contributed by atoms with Gasteiger partial charge in [-0.3, -0.25) is 0 Å². The van der Waals surface area contributed by atoms with Crippen LogP contribution in [0.2, 0.25) is 0 Å². The molecular formula is C10H9BF4O.